The molecule has 2 heterocycles. The summed E-state index contributed by atoms with van der Waals surface area (Å²) < 4.78 is 57.0. The van der Waals surface area contributed by atoms with Crippen molar-refractivity contribution in [1.82, 2.24) is 19.6 Å². The molecule has 3 fully saturated rings. The minimum Gasteiger partial charge on any atom is -0.465 e. The molecule has 32 heavy (non-hydrogen) atoms. The molecule has 9 nitrogen and oxygen atoms in total. The van der Waals surface area contributed by atoms with Crippen LogP contribution in [0.2, 0.25) is 5.02 Å². The van der Waals surface area contributed by atoms with Gasteiger partial charge in [-0.25, -0.2) is 27.9 Å². The summed E-state index contributed by atoms with van der Waals surface area (Å²) in [7, 11) is -4.86. The van der Waals surface area contributed by atoms with Gasteiger partial charge in [0.15, 0.2) is 0 Å². The average Bonchev–Trinajstić information content (AvgIpc) is 3.37. The monoisotopic (exact) mass is 494 g/mol. The van der Waals surface area contributed by atoms with E-state index >= 15 is 0 Å². The highest BCUT2D eigenvalue weighted by molar-refractivity contribution is 7.89. The number of ether oxygens (including phenoxy) is 1. The quantitative estimate of drug-likeness (QED) is 0.597. The lowest BCUT2D eigenvalue weighted by Crippen LogP contribution is -2.51. The summed E-state index contributed by atoms with van der Waals surface area (Å²) in [6.45, 7) is 1.54. The van der Waals surface area contributed by atoms with Gasteiger partial charge in [-0.1, -0.05) is 11.6 Å². The van der Waals surface area contributed by atoms with E-state index in [1.807, 2.05) is 4.72 Å². The number of carbonyl (C=O) groups is 1. The van der Waals surface area contributed by atoms with Crippen molar-refractivity contribution in [2.75, 3.05) is 6.61 Å². The van der Waals surface area contributed by atoms with Gasteiger partial charge in [-0.15, -0.1) is 0 Å². The number of aromatic nitrogens is 2. The van der Waals surface area contributed by atoms with Gasteiger partial charge in [0.05, 0.1) is 23.8 Å². The Kier molecular flexibility index (Phi) is 6.34. The van der Waals surface area contributed by atoms with Crippen molar-refractivity contribution in [1.29, 1.82) is 0 Å². The van der Waals surface area contributed by atoms with Crippen LogP contribution in [0.3, 0.4) is 0 Å². The topological polar surface area (TPSA) is 122 Å². The number of rotatable bonds is 7. The van der Waals surface area contributed by atoms with Crippen LogP contribution in [0.5, 0.6) is 0 Å². The van der Waals surface area contributed by atoms with Crippen LogP contribution in [0.15, 0.2) is 12.4 Å². The number of amides is 1. The largest absolute Gasteiger partial charge is 0.465 e. The van der Waals surface area contributed by atoms with Crippen LogP contribution in [-0.4, -0.2) is 71.1 Å². The summed E-state index contributed by atoms with van der Waals surface area (Å²) >= 11 is 5.87. The molecule has 1 amide bonds. The van der Waals surface area contributed by atoms with Crippen molar-refractivity contribution >= 4 is 27.7 Å². The highest BCUT2D eigenvalue weighted by Crippen LogP contribution is 2.61. The molecule has 2 saturated carbocycles. The molecule has 0 spiro atoms. The number of fused-ring (bicyclic) bond motifs is 1. The van der Waals surface area contributed by atoms with Crippen LogP contribution in [0.1, 0.15) is 44.9 Å². The minimum atomic E-state index is -4.86. The fourth-order valence-corrected chi connectivity index (χ4v) is 6.14. The molecule has 1 saturated heterocycles. The van der Waals surface area contributed by atoms with E-state index < -0.39 is 40.0 Å². The molecule has 2 aliphatic carbocycles. The number of alkyl halides is 2. The van der Waals surface area contributed by atoms with Crippen LogP contribution in [-0.2, 0) is 20.2 Å². The second-order valence-corrected chi connectivity index (χ2v) is 11.0. The molecule has 2 N–H and O–H groups in total. The number of likely N-dealkylation sites (tertiary alicyclic amines) is 1. The molecule has 3 aliphatic rings. The van der Waals surface area contributed by atoms with Crippen molar-refractivity contribution in [3.05, 3.63) is 23.2 Å². The molecule has 1 aliphatic heterocycles. The molecule has 0 unspecified atom stereocenters. The maximum atomic E-state index is 12.8. The van der Waals surface area contributed by atoms with Gasteiger partial charge in [0, 0.05) is 29.9 Å². The molecular formula is C19H25ClF2N4O5S. The lowest BCUT2D eigenvalue weighted by molar-refractivity contribution is -0.00882. The van der Waals surface area contributed by atoms with Crippen molar-refractivity contribution in [2.45, 2.75) is 74.4 Å². The molecule has 178 valence electrons. The Hall–Kier alpha value is -1.63. The first-order valence-electron chi connectivity index (χ1n) is 10.4. The van der Waals surface area contributed by atoms with Gasteiger partial charge in [0.2, 0.25) is 0 Å². The predicted octanol–water partition coefficient (Wildman–Crippen LogP) is 2.61. The number of hydrogen-bond donors (Lipinski definition) is 2. The third-order valence-electron chi connectivity index (χ3n) is 6.92. The van der Waals surface area contributed by atoms with E-state index in [1.54, 1.807) is 19.3 Å². The fourth-order valence-electron chi connectivity index (χ4n) is 5.27. The molecule has 1 aromatic rings. The summed E-state index contributed by atoms with van der Waals surface area (Å²) in [6, 6.07) is -2.40. The first-order chi connectivity index (χ1) is 15.0. The van der Waals surface area contributed by atoms with E-state index in [4.69, 9.17) is 16.3 Å². The number of halogens is 3. The zero-order valence-corrected chi connectivity index (χ0v) is 18.9. The summed E-state index contributed by atoms with van der Waals surface area (Å²) in [5.74, 6) is -2.48. The predicted molar refractivity (Wildman–Crippen MR) is 110 cm³/mol. The maximum Gasteiger partial charge on any atom is 0.407 e. The van der Waals surface area contributed by atoms with Crippen LogP contribution in [0.25, 0.3) is 0 Å². The fraction of sp³-hybridized carbons (Fsp3) is 0.737. The van der Waals surface area contributed by atoms with Gasteiger partial charge < -0.3 is 9.84 Å². The summed E-state index contributed by atoms with van der Waals surface area (Å²) in [6.07, 6.45) is 5.09. The zero-order valence-electron chi connectivity index (χ0n) is 17.3. The standard InChI is InChI=1S/C19H25ClF2N4O5S/c1-10-4-14(25-32(29,30)17(21)22)15(26(10)18(27)28)9-31-13-2-3-19(6-11(19)5-13)16-23-7-12(20)8-24-16/h7-8,10-11,13-15,17,25H,2-6,9H2,1H3,(H,27,28)/t10-,11-,13+,14+,15+,19-/m1/s1. The van der Waals surface area contributed by atoms with Crippen molar-refractivity contribution in [2.24, 2.45) is 5.92 Å². The Morgan fingerprint density at radius 3 is 2.69 bits per heavy atom. The lowest BCUT2D eigenvalue weighted by Gasteiger charge is -2.32. The summed E-state index contributed by atoms with van der Waals surface area (Å²) in [5.41, 5.74) is -0.0745. The minimum absolute atomic E-state index is 0.0745. The molecule has 0 aromatic carbocycles. The van der Waals surface area contributed by atoms with Crippen molar-refractivity contribution < 1.29 is 31.8 Å². The van der Waals surface area contributed by atoms with Gasteiger partial charge in [0.25, 0.3) is 10.0 Å². The number of carboxylic acid groups (broad SMARTS) is 1. The molecule has 6 atom stereocenters. The molecule has 0 bridgehead atoms. The van der Waals surface area contributed by atoms with Crippen LogP contribution < -0.4 is 4.72 Å². The van der Waals surface area contributed by atoms with E-state index in [1.165, 1.54) is 0 Å². The molecular weight excluding hydrogens is 470 g/mol. The second kappa shape index (κ2) is 8.62. The Morgan fingerprint density at radius 2 is 2.09 bits per heavy atom. The Morgan fingerprint density at radius 1 is 1.41 bits per heavy atom. The normalized spacial score (nSPS) is 34.5. The number of hydrogen-bond acceptors (Lipinski definition) is 6. The van der Waals surface area contributed by atoms with Gasteiger partial charge in [0.1, 0.15) is 5.82 Å². The van der Waals surface area contributed by atoms with Crippen molar-refractivity contribution in [3.63, 3.8) is 0 Å². The third kappa shape index (κ3) is 4.42. The van der Waals surface area contributed by atoms with Gasteiger partial charge in [-0.2, -0.15) is 8.78 Å². The van der Waals surface area contributed by atoms with E-state index in [0.717, 1.165) is 30.0 Å². The average molecular weight is 495 g/mol. The van der Waals surface area contributed by atoms with Gasteiger partial charge in [-0.3, -0.25) is 4.90 Å². The summed E-state index contributed by atoms with van der Waals surface area (Å²) in [5, 5.41) is 10.0. The Balaban J connectivity index is 1.39. The molecule has 4 rings (SSSR count). The number of nitrogens with one attached hydrogen (secondary N) is 1. The van der Waals surface area contributed by atoms with Gasteiger partial charge in [-0.05, 0) is 44.9 Å². The maximum absolute atomic E-state index is 12.8. The first-order valence-corrected chi connectivity index (χ1v) is 12.4. The van der Waals surface area contributed by atoms with Gasteiger partial charge >= 0.3 is 11.9 Å². The van der Waals surface area contributed by atoms with Crippen LogP contribution in [0, 0.1) is 5.92 Å². The van der Waals surface area contributed by atoms with E-state index in [0.29, 0.717) is 17.4 Å². The highest BCUT2D eigenvalue weighted by Gasteiger charge is 2.60. The lowest BCUT2D eigenvalue weighted by atomic mass is 9.86. The van der Waals surface area contributed by atoms with E-state index in [-0.39, 0.29) is 24.5 Å². The van der Waals surface area contributed by atoms with Crippen LogP contribution in [0.4, 0.5) is 13.6 Å². The molecule has 0 radical (unpaired) electrons. The highest BCUT2D eigenvalue weighted by atomic mass is 35.5. The smallest absolute Gasteiger partial charge is 0.407 e. The van der Waals surface area contributed by atoms with Crippen molar-refractivity contribution in [3.8, 4) is 0 Å². The van der Waals surface area contributed by atoms with E-state index in [9.17, 15) is 27.1 Å². The number of sulfonamides is 1. The second-order valence-electron chi connectivity index (χ2n) is 8.88. The SMILES string of the molecule is C[C@@H]1C[C@H](NS(=O)(=O)C(F)F)[C@H](CO[C@H]2CC[C@@]3(c4ncc(Cl)cn4)C[C@H]3C2)N1C(=O)O. The Labute approximate surface area is 189 Å². The van der Waals surface area contributed by atoms with Crippen LogP contribution >= 0.6 is 11.6 Å². The van der Waals surface area contributed by atoms with E-state index in [2.05, 4.69) is 9.97 Å². The first kappa shape index (κ1) is 23.5. The Bertz CT molecular complexity index is 969. The third-order valence-corrected chi connectivity index (χ3v) is 8.22. The zero-order chi connectivity index (χ0) is 23.3. The molecule has 13 heteroatoms. The summed E-state index contributed by atoms with van der Waals surface area (Å²) in [4.78, 5) is 21.5. The number of nitrogens with zero attached hydrogens (tertiary/aromatic N) is 3. The molecule has 1 aromatic heterocycles.